The molecule has 4 aromatic rings. The minimum atomic E-state index is -0.724. The van der Waals surface area contributed by atoms with Gasteiger partial charge in [0, 0.05) is 37.7 Å². The number of thioether (sulfide) groups is 1. The lowest BCUT2D eigenvalue weighted by Gasteiger charge is -2.24. The summed E-state index contributed by atoms with van der Waals surface area (Å²) in [7, 11) is 1.58. The van der Waals surface area contributed by atoms with Crippen LogP contribution in [-0.4, -0.2) is 48.6 Å². The zero-order valence-electron chi connectivity index (χ0n) is 27.4. The predicted octanol–water partition coefficient (Wildman–Crippen LogP) is 6.54. The molecule has 6 rings (SSSR count). The lowest BCUT2D eigenvalue weighted by atomic mass is 10.1. The predicted molar refractivity (Wildman–Crippen MR) is 190 cm³/mol. The number of nitrogens with one attached hydrogen (secondary N) is 1. The van der Waals surface area contributed by atoms with Gasteiger partial charge in [-0.3, -0.25) is 19.3 Å². The molecule has 2 heterocycles. The second-order valence-electron chi connectivity index (χ2n) is 11.9. The average Bonchev–Trinajstić information content (AvgIpc) is 3.65. The van der Waals surface area contributed by atoms with Crippen LogP contribution in [0.2, 0.25) is 5.02 Å². The van der Waals surface area contributed by atoms with Crippen molar-refractivity contribution in [3.05, 3.63) is 112 Å². The van der Waals surface area contributed by atoms with Gasteiger partial charge in [-0.15, -0.1) is 11.8 Å². The van der Waals surface area contributed by atoms with Gasteiger partial charge in [-0.2, -0.15) is 0 Å². The highest BCUT2D eigenvalue weighted by Crippen LogP contribution is 2.50. The van der Waals surface area contributed by atoms with Gasteiger partial charge in [-0.05, 0) is 84.6 Å². The number of fused-ring (bicyclic) bond motifs is 1. The first-order valence-corrected chi connectivity index (χ1v) is 17.4. The number of hydrogen-bond donors (Lipinski definition) is 2. The van der Waals surface area contributed by atoms with E-state index in [1.807, 2.05) is 48.2 Å². The number of nitrogens with zero attached hydrogens (tertiary/aromatic N) is 2. The molecule has 4 aromatic carbocycles. The monoisotopic (exact) mass is 720 g/mol. The summed E-state index contributed by atoms with van der Waals surface area (Å²) in [5.74, 6) is -1.26. The van der Waals surface area contributed by atoms with E-state index < -0.39 is 28.2 Å². The van der Waals surface area contributed by atoms with Crippen LogP contribution in [0.25, 0.3) is 0 Å². The summed E-state index contributed by atoms with van der Waals surface area (Å²) in [6.07, 6.45) is 0.945. The molecule has 2 aliphatic heterocycles. The third kappa shape index (κ3) is 7.81. The van der Waals surface area contributed by atoms with E-state index in [0.717, 1.165) is 28.6 Å². The van der Waals surface area contributed by atoms with Gasteiger partial charge < -0.3 is 25.4 Å². The molecule has 2 atom stereocenters. The molecule has 50 heavy (non-hydrogen) atoms. The Hall–Kier alpha value is -4.81. The molecule has 1 saturated heterocycles. The largest absolute Gasteiger partial charge is 0.493 e. The Morgan fingerprint density at radius 2 is 1.70 bits per heavy atom. The zero-order valence-corrected chi connectivity index (χ0v) is 29.0. The maximum atomic E-state index is 13.9. The molecule has 2 aliphatic rings. The van der Waals surface area contributed by atoms with Gasteiger partial charge in [0.2, 0.25) is 17.7 Å². The van der Waals surface area contributed by atoms with Crippen molar-refractivity contribution in [2.24, 2.45) is 5.73 Å². The van der Waals surface area contributed by atoms with Crippen LogP contribution in [0.1, 0.15) is 40.4 Å². The minimum Gasteiger partial charge on any atom is -0.493 e. The Bertz CT molecular complexity index is 1940. The summed E-state index contributed by atoms with van der Waals surface area (Å²) >= 11 is 7.59. The molecule has 0 saturated carbocycles. The van der Waals surface area contributed by atoms with Crippen molar-refractivity contribution >= 4 is 58.1 Å². The van der Waals surface area contributed by atoms with Crippen LogP contribution in [0.15, 0.2) is 72.8 Å². The van der Waals surface area contributed by atoms with Crippen LogP contribution >= 0.6 is 23.4 Å². The molecule has 3 amide bonds. The standard InChI is InChI=1S/C37H35ClF2N4O5S/c1-3-49-32-15-21(5-9-31(32)48-2)10-11-42-34(45)19-33-37(47)44(26-6-7-28(38)27(18-26)36(41)46)35(50-33)16-22-4-8-29-30(14-22)43(29)20-23-12-24(39)17-25(40)13-23/h4-9,12-15,17-18,33,35H,3,10-11,16,19-20H2,1-2H3,(H2,41,46)(H,42,45). The van der Waals surface area contributed by atoms with Crippen LogP contribution in [0.5, 0.6) is 11.5 Å². The van der Waals surface area contributed by atoms with E-state index in [2.05, 4.69) is 5.32 Å². The van der Waals surface area contributed by atoms with Gasteiger partial charge >= 0.3 is 0 Å². The van der Waals surface area contributed by atoms with Crippen molar-refractivity contribution in [1.29, 1.82) is 0 Å². The molecule has 0 bridgehead atoms. The first-order chi connectivity index (χ1) is 24.0. The fourth-order valence-electron chi connectivity index (χ4n) is 6.11. The van der Waals surface area contributed by atoms with E-state index in [-0.39, 0.29) is 28.8 Å². The van der Waals surface area contributed by atoms with E-state index in [1.54, 1.807) is 18.1 Å². The molecular formula is C37H35ClF2N4O5S. The normalized spacial score (nSPS) is 16.3. The number of methoxy groups -OCH3 is 1. The number of ether oxygens (including phenoxy) is 2. The number of amides is 3. The first-order valence-electron chi connectivity index (χ1n) is 16.0. The van der Waals surface area contributed by atoms with Crippen LogP contribution in [-0.2, 0) is 29.0 Å². The summed E-state index contributed by atoms with van der Waals surface area (Å²) in [5.41, 5.74) is 10.4. The molecule has 0 spiro atoms. The summed E-state index contributed by atoms with van der Waals surface area (Å²) in [6, 6.07) is 19.6. The highest BCUT2D eigenvalue weighted by molar-refractivity contribution is 8.02. The van der Waals surface area contributed by atoms with Gasteiger partial charge in [0.1, 0.15) is 11.6 Å². The molecule has 3 N–H and O–H groups in total. The Labute approximate surface area is 297 Å². The number of hydrogen-bond acceptors (Lipinski definition) is 7. The Morgan fingerprint density at radius 3 is 2.42 bits per heavy atom. The molecular weight excluding hydrogens is 686 g/mol. The highest BCUT2D eigenvalue weighted by Gasteiger charge is 2.42. The molecule has 260 valence electrons. The maximum Gasteiger partial charge on any atom is 0.250 e. The number of nitrogens with two attached hydrogens (primary N) is 1. The highest BCUT2D eigenvalue weighted by atomic mass is 35.5. The van der Waals surface area contributed by atoms with Crippen LogP contribution < -0.4 is 30.3 Å². The Morgan fingerprint density at radius 1 is 0.940 bits per heavy atom. The fraction of sp³-hybridized carbons (Fsp3) is 0.270. The number of halogens is 3. The van der Waals surface area contributed by atoms with E-state index in [1.165, 1.54) is 36.0 Å². The Kier molecular flexibility index (Phi) is 10.5. The van der Waals surface area contributed by atoms with Crippen molar-refractivity contribution in [1.82, 2.24) is 5.32 Å². The van der Waals surface area contributed by atoms with Gasteiger partial charge in [0.15, 0.2) is 11.5 Å². The number of rotatable bonds is 14. The van der Waals surface area contributed by atoms with Crippen molar-refractivity contribution in [3.8, 4) is 11.5 Å². The van der Waals surface area contributed by atoms with Crippen molar-refractivity contribution < 1.29 is 32.6 Å². The summed E-state index contributed by atoms with van der Waals surface area (Å²) in [4.78, 5) is 42.7. The molecule has 0 radical (unpaired) electrons. The molecule has 1 fully saturated rings. The van der Waals surface area contributed by atoms with E-state index >= 15 is 0 Å². The van der Waals surface area contributed by atoms with Crippen LogP contribution in [0, 0.1) is 11.6 Å². The molecule has 2 unspecified atom stereocenters. The number of anilines is 3. The number of carbonyl (C=O) groups is 3. The third-order valence-electron chi connectivity index (χ3n) is 8.50. The van der Waals surface area contributed by atoms with Gasteiger partial charge in [0.25, 0.3) is 0 Å². The fourth-order valence-corrected chi connectivity index (χ4v) is 7.81. The van der Waals surface area contributed by atoms with E-state index in [9.17, 15) is 23.2 Å². The van der Waals surface area contributed by atoms with Crippen molar-refractivity contribution in [2.45, 2.75) is 43.4 Å². The molecule has 13 heteroatoms. The maximum absolute atomic E-state index is 13.9. The quantitative estimate of drug-likeness (QED) is 0.142. The lowest BCUT2D eigenvalue weighted by Crippen LogP contribution is -2.37. The lowest BCUT2D eigenvalue weighted by molar-refractivity contribution is -0.124. The average molecular weight is 721 g/mol. The van der Waals surface area contributed by atoms with Gasteiger partial charge in [-0.25, -0.2) is 8.78 Å². The van der Waals surface area contributed by atoms with E-state index in [4.69, 9.17) is 26.8 Å². The van der Waals surface area contributed by atoms with E-state index in [0.29, 0.717) is 55.3 Å². The number of carbonyl (C=O) groups excluding carboxylic acids is 3. The number of primary amides is 1. The second kappa shape index (κ2) is 15.0. The summed E-state index contributed by atoms with van der Waals surface area (Å²) < 4.78 is 38.5. The summed E-state index contributed by atoms with van der Waals surface area (Å²) in [5, 5.41) is 2.00. The molecule has 0 aromatic heterocycles. The SMILES string of the molecule is CCOc1cc(CCNC(=O)CC2SC(Cc3ccc4c(c3)N4Cc3cc(F)cc(F)c3)N(c3ccc(Cl)c(C(N)=O)c3)C2=O)ccc1OC. The minimum absolute atomic E-state index is 0.0399. The van der Waals surface area contributed by atoms with Crippen molar-refractivity contribution in [3.63, 3.8) is 0 Å². The second-order valence-corrected chi connectivity index (χ2v) is 13.7. The van der Waals surface area contributed by atoms with Crippen LogP contribution in [0.4, 0.5) is 25.8 Å². The van der Waals surface area contributed by atoms with Crippen molar-refractivity contribution in [2.75, 3.05) is 30.1 Å². The summed E-state index contributed by atoms with van der Waals surface area (Å²) in [6.45, 7) is 3.07. The van der Waals surface area contributed by atoms with Gasteiger partial charge in [0.05, 0.1) is 46.3 Å². The third-order valence-corrected chi connectivity index (χ3v) is 10.2. The smallest absolute Gasteiger partial charge is 0.250 e. The zero-order chi connectivity index (χ0) is 35.5. The van der Waals surface area contributed by atoms with Gasteiger partial charge in [-0.1, -0.05) is 23.7 Å². The number of benzene rings is 4. The molecule has 9 nitrogen and oxygen atoms in total. The van der Waals surface area contributed by atoms with Crippen LogP contribution in [0.3, 0.4) is 0 Å². The molecule has 0 aliphatic carbocycles. The topological polar surface area (TPSA) is 114 Å². The Balaban J connectivity index is 1.15. The first kappa shape index (κ1) is 35.0.